The van der Waals surface area contributed by atoms with E-state index in [1.165, 1.54) is 0 Å². The standard InChI is InChI=1S/C26H40N2O6/c1-6-8-17-33-24(32)20-19-22(30)28(15-10-9-11-16-29)21(23(31)27(14-7-2)18(3)4)26(19)13-12-25(20,5)34-26/h6-7,18-21,29H,1-2,8-17H2,3-5H3/t19-,20+,21?,25-,26?/m0/s1. The minimum atomic E-state index is -1.05. The molecule has 0 aromatic carbocycles. The van der Waals surface area contributed by atoms with Crippen molar-refractivity contribution in [3.8, 4) is 0 Å². The van der Waals surface area contributed by atoms with Gasteiger partial charge in [0.05, 0.1) is 18.1 Å². The van der Waals surface area contributed by atoms with E-state index in [0.29, 0.717) is 45.2 Å². The van der Waals surface area contributed by atoms with E-state index in [4.69, 9.17) is 14.6 Å². The normalized spacial score (nSPS) is 31.6. The Bertz CT molecular complexity index is 813. The van der Waals surface area contributed by atoms with Gasteiger partial charge in [0.15, 0.2) is 0 Å². The fourth-order valence-corrected chi connectivity index (χ4v) is 6.06. The Morgan fingerprint density at radius 2 is 2.00 bits per heavy atom. The van der Waals surface area contributed by atoms with E-state index in [0.717, 1.165) is 6.42 Å². The van der Waals surface area contributed by atoms with Crippen LogP contribution in [0, 0.1) is 11.8 Å². The topological polar surface area (TPSA) is 96.4 Å². The molecule has 190 valence electrons. The Morgan fingerprint density at radius 3 is 2.62 bits per heavy atom. The van der Waals surface area contributed by atoms with Crippen LogP contribution in [0.5, 0.6) is 0 Å². The molecule has 2 amide bonds. The molecule has 3 fully saturated rings. The van der Waals surface area contributed by atoms with E-state index in [1.807, 2.05) is 20.8 Å². The highest BCUT2D eigenvalue weighted by molar-refractivity contribution is 5.98. The molecule has 2 bridgehead atoms. The van der Waals surface area contributed by atoms with Crippen LogP contribution < -0.4 is 0 Å². The number of nitrogens with zero attached hydrogens (tertiary/aromatic N) is 2. The third-order valence-electron chi connectivity index (χ3n) is 7.62. The number of carbonyl (C=O) groups is 3. The Hall–Kier alpha value is -2.19. The number of esters is 1. The second-order valence-corrected chi connectivity index (χ2v) is 10.2. The molecule has 34 heavy (non-hydrogen) atoms. The minimum Gasteiger partial charge on any atom is -0.465 e. The van der Waals surface area contributed by atoms with E-state index in [2.05, 4.69) is 13.2 Å². The first-order valence-corrected chi connectivity index (χ1v) is 12.5. The van der Waals surface area contributed by atoms with Crippen molar-refractivity contribution < 1.29 is 29.0 Å². The molecule has 3 aliphatic heterocycles. The third-order valence-corrected chi connectivity index (χ3v) is 7.62. The average Bonchev–Trinajstić information content (AvgIpc) is 3.35. The molecule has 2 unspecified atom stereocenters. The molecule has 3 heterocycles. The number of unbranched alkanes of at least 4 members (excludes halogenated alkanes) is 2. The molecule has 1 spiro atoms. The molecule has 3 rings (SSSR count). The van der Waals surface area contributed by atoms with Gasteiger partial charge in [-0.15, -0.1) is 13.2 Å². The number of carbonyl (C=O) groups excluding carboxylic acids is 3. The van der Waals surface area contributed by atoms with Crippen molar-refractivity contribution in [2.75, 3.05) is 26.3 Å². The van der Waals surface area contributed by atoms with E-state index in [1.54, 1.807) is 22.0 Å². The molecule has 0 radical (unpaired) electrons. The van der Waals surface area contributed by atoms with Gasteiger partial charge in [0.25, 0.3) is 0 Å². The number of hydrogen-bond donors (Lipinski definition) is 1. The lowest BCUT2D eigenvalue weighted by atomic mass is 9.66. The third kappa shape index (κ3) is 4.42. The van der Waals surface area contributed by atoms with Gasteiger partial charge in [-0.1, -0.05) is 12.2 Å². The van der Waals surface area contributed by atoms with Crippen molar-refractivity contribution in [3.05, 3.63) is 25.3 Å². The summed E-state index contributed by atoms with van der Waals surface area (Å²) in [7, 11) is 0. The van der Waals surface area contributed by atoms with Crippen LogP contribution in [0.3, 0.4) is 0 Å². The SMILES string of the molecule is C=CCCOC(=O)[C@H]1[C@H]2C(=O)N(CCCCCO)C(C(=O)N(CC=C)C(C)C)C23CC[C@]1(C)O3. The van der Waals surface area contributed by atoms with Crippen molar-refractivity contribution in [3.63, 3.8) is 0 Å². The maximum atomic E-state index is 14.0. The summed E-state index contributed by atoms with van der Waals surface area (Å²) in [6, 6.07) is -0.879. The summed E-state index contributed by atoms with van der Waals surface area (Å²) < 4.78 is 12.1. The van der Waals surface area contributed by atoms with E-state index in [-0.39, 0.29) is 31.1 Å². The maximum Gasteiger partial charge on any atom is 0.312 e. The van der Waals surface area contributed by atoms with Crippen LogP contribution >= 0.6 is 0 Å². The first-order chi connectivity index (χ1) is 16.2. The fraction of sp³-hybridized carbons (Fsp3) is 0.731. The number of rotatable bonds is 13. The van der Waals surface area contributed by atoms with E-state index in [9.17, 15) is 14.4 Å². The molecule has 5 atom stereocenters. The zero-order chi connectivity index (χ0) is 25.1. The van der Waals surface area contributed by atoms with E-state index < -0.39 is 35.0 Å². The van der Waals surface area contributed by atoms with Crippen molar-refractivity contribution in [2.45, 2.75) is 82.6 Å². The second kappa shape index (κ2) is 10.6. The van der Waals surface area contributed by atoms with Crippen molar-refractivity contribution in [2.24, 2.45) is 11.8 Å². The van der Waals surface area contributed by atoms with Crippen molar-refractivity contribution >= 4 is 17.8 Å². The zero-order valence-electron chi connectivity index (χ0n) is 20.8. The molecule has 8 heteroatoms. The maximum absolute atomic E-state index is 14.0. The fourth-order valence-electron chi connectivity index (χ4n) is 6.06. The number of aliphatic hydroxyl groups is 1. The highest BCUT2D eigenvalue weighted by Gasteiger charge is 2.78. The van der Waals surface area contributed by atoms with Gasteiger partial charge in [0.2, 0.25) is 11.8 Å². The number of likely N-dealkylation sites (tertiary alicyclic amines) is 1. The van der Waals surface area contributed by atoms with Crippen molar-refractivity contribution in [1.29, 1.82) is 0 Å². The Balaban J connectivity index is 1.98. The minimum absolute atomic E-state index is 0.0823. The van der Waals surface area contributed by atoms with Gasteiger partial charge < -0.3 is 24.4 Å². The molecule has 0 aliphatic carbocycles. The molecule has 0 aromatic heterocycles. The predicted molar refractivity (Wildman–Crippen MR) is 128 cm³/mol. The second-order valence-electron chi connectivity index (χ2n) is 10.2. The highest BCUT2D eigenvalue weighted by Crippen LogP contribution is 2.63. The summed E-state index contributed by atoms with van der Waals surface area (Å²) in [5.74, 6) is -2.31. The van der Waals surface area contributed by atoms with Gasteiger partial charge in [-0.2, -0.15) is 0 Å². The Morgan fingerprint density at radius 1 is 1.26 bits per heavy atom. The average molecular weight is 477 g/mol. The van der Waals surface area contributed by atoms with Crippen LogP contribution in [0.1, 0.15) is 59.3 Å². The number of amides is 2. The molecule has 0 saturated carbocycles. The van der Waals surface area contributed by atoms with Gasteiger partial charge in [-0.3, -0.25) is 14.4 Å². The lowest BCUT2D eigenvalue weighted by Gasteiger charge is -2.38. The smallest absolute Gasteiger partial charge is 0.312 e. The van der Waals surface area contributed by atoms with Gasteiger partial charge >= 0.3 is 5.97 Å². The van der Waals surface area contributed by atoms with Crippen molar-refractivity contribution in [1.82, 2.24) is 9.80 Å². The molecule has 3 aliphatic rings. The van der Waals surface area contributed by atoms with E-state index >= 15 is 0 Å². The Labute approximate surface area is 202 Å². The lowest BCUT2D eigenvalue weighted by molar-refractivity contribution is -0.160. The lowest BCUT2D eigenvalue weighted by Crippen LogP contribution is -2.57. The first-order valence-electron chi connectivity index (χ1n) is 12.5. The summed E-state index contributed by atoms with van der Waals surface area (Å²) >= 11 is 0. The molecule has 1 N–H and O–H groups in total. The predicted octanol–water partition coefficient (Wildman–Crippen LogP) is 2.46. The van der Waals surface area contributed by atoms with Crippen LogP contribution in [0.25, 0.3) is 0 Å². The number of ether oxygens (including phenoxy) is 2. The molecular weight excluding hydrogens is 436 g/mol. The molecule has 8 nitrogen and oxygen atoms in total. The highest BCUT2D eigenvalue weighted by atomic mass is 16.6. The van der Waals surface area contributed by atoms with Gasteiger partial charge in [0, 0.05) is 25.7 Å². The summed E-state index contributed by atoms with van der Waals surface area (Å²) in [5.41, 5.74) is -1.88. The Kier molecular flexibility index (Phi) is 8.24. The zero-order valence-corrected chi connectivity index (χ0v) is 20.8. The summed E-state index contributed by atoms with van der Waals surface area (Å²) in [6.45, 7) is 14.2. The monoisotopic (exact) mass is 476 g/mol. The molecular formula is C26H40N2O6. The van der Waals surface area contributed by atoms with Gasteiger partial charge in [-0.05, 0) is 59.3 Å². The summed E-state index contributed by atoms with van der Waals surface area (Å²) in [6.07, 6.45) is 7.06. The number of fused-ring (bicyclic) bond motifs is 1. The van der Waals surface area contributed by atoms with Crippen LogP contribution in [0.2, 0.25) is 0 Å². The molecule has 0 aromatic rings. The molecule has 3 saturated heterocycles. The van der Waals surface area contributed by atoms with Gasteiger partial charge in [-0.25, -0.2) is 0 Å². The number of aliphatic hydroxyl groups excluding tert-OH is 1. The number of hydrogen-bond acceptors (Lipinski definition) is 6. The largest absolute Gasteiger partial charge is 0.465 e. The first kappa shape index (κ1) is 26.4. The van der Waals surface area contributed by atoms with Gasteiger partial charge in [0.1, 0.15) is 17.6 Å². The van der Waals surface area contributed by atoms with Crippen LogP contribution in [0.4, 0.5) is 0 Å². The van der Waals surface area contributed by atoms with Crippen LogP contribution in [-0.2, 0) is 23.9 Å². The van der Waals surface area contributed by atoms with Crippen LogP contribution in [-0.4, -0.2) is 82.3 Å². The van der Waals surface area contributed by atoms with Crippen LogP contribution in [0.15, 0.2) is 25.3 Å². The summed E-state index contributed by atoms with van der Waals surface area (Å²) in [5, 5.41) is 9.14. The summed E-state index contributed by atoms with van der Waals surface area (Å²) in [4.78, 5) is 44.4. The quantitative estimate of drug-likeness (QED) is 0.249.